The van der Waals surface area contributed by atoms with Gasteiger partial charge in [0.25, 0.3) is 0 Å². The van der Waals surface area contributed by atoms with Crippen LogP contribution in [0.15, 0.2) is 42.5 Å². The molecule has 1 saturated heterocycles. The number of alkyl halides is 3. The van der Waals surface area contributed by atoms with E-state index in [9.17, 15) is 13.2 Å². The molecule has 9 heteroatoms. The molecule has 3 N–H and O–H groups in total. The van der Waals surface area contributed by atoms with Gasteiger partial charge in [-0.2, -0.15) is 22.7 Å². The number of anilines is 3. The lowest BCUT2D eigenvalue weighted by Gasteiger charge is -2.24. The molecule has 3 aromatic rings. The average Bonchev–Trinajstić information content (AvgIpc) is 3.06. The summed E-state index contributed by atoms with van der Waals surface area (Å²) in [6.45, 7) is 1.93. The molecule has 0 unspecified atom stereocenters. The number of halogens is 3. The largest absolute Gasteiger partial charge is 0.416 e. The zero-order valence-electron chi connectivity index (χ0n) is 14.4. The van der Waals surface area contributed by atoms with E-state index in [1.165, 1.54) is 12.1 Å². The van der Waals surface area contributed by atoms with Crippen molar-refractivity contribution in [3.63, 3.8) is 0 Å². The maximum atomic E-state index is 12.7. The van der Waals surface area contributed by atoms with Crippen LogP contribution in [-0.2, 0) is 6.18 Å². The van der Waals surface area contributed by atoms with Gasteiger partial charge in [0.2, 0.25) is 5.95 Å². The molecule has 6 nitrogen and oxygen atoms in total. The van der Waals surface area contributed by atoms with Crippen LogP contribution in [0, 0.1) is 0 Å². The molecule has 0 bridgehead atoms. The number of nitrogens with zero attached hydrogens (tertiary/aromatic N) is 3. The summed E-state index contributed by atoms with van der Waals surface area (Å²) < 4.78 is 39.7. The first-order valence-electron chi connectivity index (χ1n) is 8.76. The normalized spacial score (nSPS) is 17.8. The molecule has 2 aromatic heterocycles. The van der Waals surface area contributed by atoms with Crippen molar-refractivity contribution in [2.24, 2.45) is 0 Å². The summed E-state index contributed by atoms with van der Waals surface area (Å²) in [4.78, 5) is 4.40. The number of pyridine rings is 1. The monoisotopic (exact) mass is 376 g/mol. The van der Waals surface area contributed by atoms with Crippen molar-refractivity contribution in [2.75, 3.05) is 23.7 Å². The van der Waals surface area contributed by atoms with Gasteiger partial charge in [-0.1, -0.05) is 6.07 Å². The Morgan fingerprint density at radius 1 is 1.11 bits per heavy atom. The third kappa shape index (κ3) is 3.97. The Morgan fingerprint density at radius 2 is 1.93 bits per heavy atom. The number of benzene rings is 1. The van der Waals surface area contributed by atoms with Gasteiger partial charge in [-0.3, -0.25) is 0 Å². The molecule has 0 amide bonds. The molecule has 1 aliphatic rings. The Labute approximate surface area is 153 Å². The van der Waals surface area contributed by atoms with E-state index in [0.717, 1.165) is 43.9 Å². The second-order valence-corrected chi connectivity index (χ2v) is 6.50. The molecule has 1 aliphatic heterocycles. The van der Waals surface area contributed by atoms with Crippen LogP contribution in [-0.4, -0.2) is 33.7 Å². The van der Waals surface area contributed by atoms with Gasteiger partial charge in [0.1, 0.15) is 5.82 Å². The molecule has 0 saturated carbocycles. The molecule has 0 aliphatic carbocycles. The van der Waals surface area contributed by atoms with Crippen molar-refractivity contribution < 1.29 is 13.2 Å². The van der Waals surface area contributed by atoms with Crippen LogP contribution >= 0.6 is 0 Å². The van der Waals surface area contributed by atoms with E-state index in [0.29, 0.717) is 23.3 Å². The van der Waals surface area contributed by atoms with Gasteiger partial charge in [0.05, 0.1) is 5.56 Å². The Hall–Kier alpha value is -2.81. The zero-order chi connectivity index (χ0) is 18.9. The highest BCUT2D eigenvalue weighted by atomic mass is 19.4. The molecule has 0 radical (unpaired) electrons. The standard InChI is InChI=1S/C18H19F3N6/c19-18(20,21)12-6-8-13(9-7-12)24-17-25-16-5-1-4-15(27(16)26-17)23-14-3-2-10-22-11-14/h1,4-9,14,22-23H,2-3,10-11H2,(H,24,26)/t14-/m0/s1. The van der Waals surface area contributed by atoms with E-state index < -0.39 is 11.7 Å². The number of nitrogens with one attached hydrogen (secondary N) is 3. The highest BCUT2D eigenvalue weighted by Gasteiger charge is 2.30. The number of hydrogen-bond donors (Lipinski definition) is 3. The predicted octanol–water partition coefficient (Wildman–Crippen LogP) is 3.66. The fourth-order valence-electron chi connectivity index (χ4n) is 3.12. The Balaban J connectivity index is 1.53. The topological polar surface area (TPSA) is 66.3 Å². The minimum atomic E-state index is -4.35. The summed E-state index contributed by atoms with van der Waals surface area (Å²) in [5, 5.41) is 14.2. The molecule has 1 aromatic carbocycles. The van der Waals surface area contributed by atoms with E-state index >= 15 is 0 Å². The van der Waals surface area contributed by atoms with Crippen LogP contribution in [0.2, 0.25) is 0 Å². The lowest BCUT2D eigenvalue weighted by atomic mass is 10.1. The van der Waals surface area contributed by atoms with E-state index in [1.807, 2.05) is 18.2 Å². The van der Waals surface area contributed by atoms with Crippen molar-refractivity contribution in [3.8, 4) is 0 Å². The lowest BCUT2D eigenvalue weighted by molar-refractivity contribution is -0.137. The summed E-state index contributed by atoms with van der Waals surface area (Å²) in [7, 11) is 0. The summed E-state index contributed by atoms with van der Waals surface area (Å²) in [6, 6.07) is 10.8. The predicted molar refractivity (Wildman–Crippen MR) is 97.2 cm³/mol. The summed E-state index contributed by atoms with van der Waals surface area (Å²) in [6.07, 6.45) is -2.16. The van der Waals surface area contributed by atoms with Gasteiger partial charge in [0.15, 0.2) is 5.65 Å². The van der Waals surface area contributed by atoms with Gasteiger partial charge >= 0.3 is 6.18 Å². The van der Waals surface area contributed by atoms with Crippen LogP contribution in [0.4, 0.5) is 30.6 Å². The van der Waals surface area contributed by atoms with Crippen molar-refractivity contribution in [2.45, 2.75) is 25.1 Å². The third-order valence-electron chi connectivity index (χ3n) is 4.48. The molecule has 27 heavy (non-hydrogen) atoms. The molecule has 1 atom stereocenters. The summed E-state index contributed by atoms with van der Waals surface area (Å²) in [5.41, 5.74) is 0.451. The Bertz CT molecular complexity index is 913. The third-order valence-corrected chi connectivity index (χ3v) is 4.48. The van der Waals surface area contributed by atoms with Crippen molar-refractivity contribution in [1.82, 2.24) is 19.9 Å². The van der Waals surface area contributed by atoms with Gasteiger partial charge in [0, 0.05) is 18.3 Å². The first-order chi connectivity index (χ1) is 13.0. The number of piperidine rings is 1. The lowest BCUT2D eigenvalue weighted by Crippen LogP contribution is -2.38. The SMILES string of the molecule is FC(F)(F)c1ccc(Nc2nc3cccc(N[C@H]4CCCNC4)n3n2)cc1. The van der Waals surface area contributed by atoms with Gasteiger partial charge in [-0.05, 0) is 55.8 Å². The molecule has 142 valence electrons. The van der Waals surface area contributed by atoms with Crippen molar-refractivity contribution >= 4 is 23.1 Å². The summed E-state index contributed by atoms with van der Waals surface area (Å²) in [5.74, 6) is 1.15. The van der Waals surface area contributed by atoms with E-state index in [1.54, 1.807) is 4.52 Å². The molecular weight excluding hydrogens is 357 g/mol. The quantitative estimate of drug-likeness (QED) is 0.649. The molecule has 3 heterocycles. The molecule has 0 spiro atoms. The molecular formula is C18H19F3N6. The zero-order valence-corrected chi connectivity index (χ0v) is 14.4. The smallest absolute Gasteiger partial charge is 0.366 e. The summed E-state index contributed by atoms with van der Waals surface area (Å²) >= 11 is 0. The average molecular weight is 376 g/mol. The fraction of sp³-hybridized carbons (Fsp3) is 0.333. The van der Waals surface area contributed by atoms with Crippen molar-refractivity contribution in [1.29, 1.82) is 0 Å². The molecule has 1 fully saturated rings. The van der Waals surface area contributed by atoms with E-state index in [2.05, 4.69) is 26.0 Å². The van der Waals surface area contributed by atoms with Gasteiger partial charge in [-0.15, -0.1) is 5.10 Å². The fourth-order valence-corrected chi connectivity index (χ4v) is 3.12. The maximum absolute atomic E-state index is 12.7. The second-order valence-electron chi connectivity index (χ2n) is 6.50. The van der Waals surface area contributed by atoms with Crippen LogP contribution in [0.25, 0.3) is 5.65 Å². The van der Waals surface area contributed by atoms with E-state index in [4.69, 9.17) is 0 Å². The first kappa shape index (κ1) is 17.6. The minimum absolute atomic E-state index is 0.319. The van der Waals surface area contributed by atoms with Gasteiger partial charge in [-0.25, -0.2) is 0 Å². The van der Waals surface area contributed by atoms with Crippen molar-refractivity contribution in [3.05, 3.63) is 48.0 Å². The van der Waals surface area contributed by atoms with Crippen LogP contribution in [0.1, 0.15) is 18.4 Å². The minimum Gasteiger partial charge on any atom is -0.366 e. The number of hydrogen-bond acceptors (Lipinski definition) is 5. The number of fused-ring (bicyclic) bond motifs is 1. The van der Waals surface area contributed by atoms with Crippen LogP contribution < -0.4 is 16.0 Å². The van der Waals surface area contributed by atoms with Gasteiger partial charge < -0.3 is 16.0 Å². The number of aromatic nitrogens is 3. The highest BCUT2D eigenvalue weighted by molar-refractivity contribution is 5.58. The van der Waals surface area contributed by atoms with Crippen LogP contribution in [0.5, 0.6) is 0 Å². The second kappa shape index (κ2) is 7.07. The number of rotatable bonds is 4. The first-order valence-corrected chi connectivity index (χ1v) is 8.76. The Morgan fingerprint density at radius 3 is 2.63 bits per heavy atom. The molecule has 4 rings (SSSR count). The van der Waals surface area contributed by atoms with E-state index in [-0.39, 0.29) is 0 Å². The van der Waals surface area contributed by atoms with Crippen LogP contribution in [0.3, 0.4) is 0 Å². The highest BCUT2D eigenvalue weighted by Crippen LogP contribution is 2.30. The Kier molecular flexibility index (Phi) is 4.61. The maximum Gasteiger partial charge on any atom is 0.416 e.